The van der Waals surface area contributed by atoms with E-state index in [2.05, 4.69) is 13.8 Å². The fourth-order valence-electron chi connectivity index (χ4n) is 2.91. The molecule has 12 heavy (non-hydrogen) atoms. The molecule has 2 unspecified atom stereocenters. The van der Waals surface area contributed by atoms with Crippen LogP contribution in [0.25, 0.3) is 0 Å². The van der Waals surface area contributed by atoms with E-state index in [-0.39, 0.29) is 0 Å². The standard InChI is InChI=1S/C11H20O/c1-3-9-4-10-6-12-7-11(5-9)8(10)2/h8-11H,3-7H2,1-2H3. The number of ether oxygens (including phenoxy) is 1. The average Bonchev–Trinajstić information content (AvgIpc) is 2.04. The molecule has 1 heterocycles. The predicted octanol–water partition coefficient (Wildman–Crippen LogP) is 2.71. The molecule has 70 valence electrons. The average molecular weight is 168 g/mol. The Hall–Kier alpha value is -0.0400. The lowest BCUT2D eigenvalue weighted by molar-refractivity contribution is -0.0656. The van der Waals surface area contributed by atoms with E-state index in [4.69, 9.17) is 4.74 Å². The largest absolute Gasteiger partial charge is 0.381 e. The van der Waals surface area contributed by atoms with Gasteiger partial charge < -0.3 is 4.74 Å². The van der Waals surface area contributed by atoms with Crippen LogP contribution in [-0.2, 0) is 4.74 Å². The fraction of sp³-hybridized carbons (Fsp3) is 1.00. The summed E-state index contributed by atoms with van der Waals surface area (Å²) < 4.78 is 5.60. The first kappa shape index (κ1) is 8.55. The van der Waals surface area contributed by atoms with Crippen molar-refractivity contribution in [2.75, 3.05) is 13.2 Å². The Morgan fingerprint density at radius 3 is 2.25 bits per heavy atom. The minimum absolute atomic E-state index is 0.877. The SMILES string of the molecule is CCC1CC2COCC(C1)C2C. The van der Waals surface area contributed by atoms with Gasteiger partial charge in [0.2, 0.25) is 0 Å². The first-order valence-corrected chi connectivity index (χ1v) is 5.39. The van der Waals surface area contributed by atoms with Crippen molar-refractivity contribution in [1.29, 1.82) is 0 Å². The Bertz CT molecular complexity index is 141. The maximum atomic E-state index is 5.60. The third-order valence-electron chi connectivity index (χ3n) is 4.00. The van der Waals surface area contributed by atoms with Crippen LogP contribution in [0.1, 0.15) is 33.1 Å². The molecule has 2 fully saturated rings. The third kappa shape index (κ3) is 1.39. The van der Waals surface area contributed by atoms with Crippen LogP contribution in [0.3, 0.4) is 0 Å². The van der Waals surface area contributed by atoms with Gasteiger partial charge in [0.1, 0.15) is 0 Å². The number of fused-ring (bicyclic) bond motifs is 2. The van der Waals surface area contributed by atoms with Gasteiger partial charge in [-0.25, -0.2) is 0 Å². The number of hydrogen-bond acceptors (Lipinski definition) is 1. The molecule has 1 aliphatic carbocycles. The summed E-state index contributed by atoms with van der Waals surface area (Å²) in [5.74, 6) is 3.69. The van der Waals surface area contributed by atoms with Gasteiger partial charge in [-0.2, -0.15) is 0 Å². The monoisotopic (exact) mass is 168 g/mol. The molecule has 0 aromatic rings. The first-order chi connectivity index (χ1) is 5.81. The molecule has 1 aliphatic heterocycles. The minimum atomic E-state index is 0.877. The molecule has 0 N–H and O–H groups in total. The lowest BCUT2D eigenvalue weighted by Gasteiger charge is -2.44. The van der Waals surface area contributed by atoms with Gasteiger partial charge in [-0.05, 0) is 36.5 Å². The van der Waals surface area contributed by atoms with Gasteiger partial charge in [0.25, 0.3) is 0 Å². The molecule has 1 heteroatoms. The molecule has 0 aromatic heterocycles. The second kappa shape index (κ2) is 3.37. The number of hydrogen-bond donors (Lipinski definition) is 0. The summed E-state index contributed by atoms with van der Waals surface area (Å²) in [7, 11) is 0. The van der Waals surface area contributed by atoms with Gasteiger partial charge in [-0.1, -0.05) is 20.3 Å². The van der Waals surface area contributed by atoms with Crippen molar-refractivity contribution in [1.82, 2.24) is 0 Å². The zero-order chi connectivity index (χ0) is 8.55. The van der Waals surface area contributed by atoms with Crippen molar-refractivity contribution in [2.24, 2.45) is 23.7 Å². The highest BCUT2D eigenvalue weighted by atomic mass is 16.5. The molecule has 1 saturated carbocycles. The highest BCUT2D eigenvalue weighted by molar-refractivity contribution is 4.86. The van der Waals surface area contributed by atoms with Crippen molar-refractivity contribution >= 4 is 0 Å². The van der Waals surface area contributed by atoms with Gasteiger partial charge in [0.15, 0.2) is 0 Å². The quantitative estimate of drug-likeness (QED) is 0.585. The van der Waals surface area contributed by atoms with Gasteiger partial charge >= 0.3 is 0 Å². The molecule has 2 atom stereocenters. The maximum Gasteiger partial charge on any atom is 0.0497 e. The summed E-state index contributed by atoms with van der Waals surface area (Å²) >= 11 is 0. The van der Waals surface area contributed by atoms with Crippen LogP contribution < -0.4 is 0 Å². The molecule has 1 nitrogen and oxygen atoms in total. The van der Waals surface area contributed by atoms with Gasteiger partial charge in [-0.15, -0.1) is 0 Å². The summed E-state index contributed by atoms with van der Waals surface area (Å²) in [5, 5.41) is 0. The van der Waals surface area contributed by atoms with Crippen molar-refractivity contribution in [3.63, 3.8) is 0 Å². The van der Waals surface area contributed by atoms with E-state index in [1.165, 1.54) is 19.3 Å². The van der Waals surface area contributed by atoms with E-state index in [1.807, 2.05) is 0 Å². The van der Waals surface area contributed by atoms with Crippen LogP contribution in [0.15, 0.2) is 0 Å². The summed E-state index contributed by atoms with van der Waals surface area (Å²) in [6.45, 7) is 6.82. The summed E-state index contributed by atoms with van der Waals surface area (Å²) in [6, 6.07) is 0. The number of rotatable bonds is 1. The molecule has 0 aromatic carbocycles. The first-order valence-electron chi connectivity index (χ1n) is 5.39. The predicted molar refractivity (Wildman–Crippen MR) is 50.0 cm³/mol. The summed E-state index contributed by atoms with van der Waals surface area (Å²) in [4.78, 5) is 0. The maximum absolute atomic E-state index is 5.60. The topological polar surface area (TPSA) is 9.23 Å². The van der Waals surface area contributed by atoms with Crippen LogP contribution in [0.4, 0.5) is 0 Å². The highest BCUT2D eigenvalue weighted by Gasteiger charge is 2.37. The molecule has 2 aliphatic rings. The van der Waals surface area contributed by atoms with E-state index in [9.17, 15) is 0 Å². The second-order valence-electron chi connectivity index (χ2n) is 4.66. The molecule has 0 spiro atoms. The third-order valence-corrected chi connectivity index (χ3v) is 4.00. The Kier molecular flexibility index (Phi) is 2.40. The van der Waals surface area contributed by atoms with Crippen LogP contribution in [-0.4, -0.2) is 13.2 Å². The second-order valence-corrected chi connectivity index (χ2v) is 4.66. The minimum Gasteiger partial charge on any atom is -0.381 e. The zero-order valence-electron chi connectivity index (χ0n) is 8.25. The van der Waals surface area contributed by atoms with Gasteiger partial charge in [0, 0.05) is 13.2 Å². The van der Waals surface area contributed by atoms with E-state index >= 15 is 0 Å². The van der Waals surface area contributed by atoms with Crippen molar-refractivity contribution in [2.45, 2.75) is 33.1 Å². The Balaban J connectivity index is 2.02. The molecule has 2 bridgehead atoms. The van der Waals surface area contributed by atoms with Crippen LogP contribution in [0.2, 0.25) is 0 Å². The summed E-state index contributed by atoms with van der Waals surface area (Å²) in [5.41, 5.74) is 0. The summed E-state index contributed by atoms with van der Waals surface area (Å²) in [6.07, 6.45) is 4.22. The molecular formula is C11H20O. The zero-order valence-corrected chi connectivity index (χ0v) is 8.25. The van der Waals surface area contributed by atoms with E-state index < -0.39 is 0 Å². The molecule has 2 rings (SSSR count). The molecule has 0 amide bonds. The van der Waals surface area contributed by atoms with Crippen LogP contribution >= 0.6 is 0 Å². The Morgan fingerprint density at radius 1 is 1.17 bits per heavy atom. The van der Waals surface area contributed by atoms with Crippen LogP contribution in [0.5, 0.6) is 0 Å². The van der Waals surface area contributed by atoms with E-state index in [1.54, 1.807) is 0 Å². The lowest BCUT2D eigenvalue weighted by atomic mass is 9.67. The van der Waals surface area contributed by atoms with E-state index in [0.29, 0.717) is 0 Å². The Morgan fingerprint density at radius 2 is 1.75 bits per heavy atom. The van der Waals surface area contributed by atoms with Crippen LogP contribution in [0, 0.1) is 23.7 Å². The van der Waals surface area contributed by atoms with Crippen molar-refractivity contribution in [3.8, 4) is 0 Å². The molecule has 0 radical (unpaired) electrons. The van der Waals surface area contributed by atoms with Gasteiger partial charge in [0.05, 0.1) is 0 Å². The normalized spacial score (nSPS) is 47.5. The van der Waals surface area contributed by atoms with Crippen molar-refractivity contribution < 1.29 is 4.74 Å². The smallest absolute Gasteiger partial charge is 0.0497 e. The Labute approximate surface area is 75.5 Å². The van der Waals surface area contributed by atoms with Gasteiger partial charge in [-0.3, -0.25) is 0 Å². The molecule has 1 saturated heterocycles. The molecular weight excluding hydrogens is 148 g/mol. The van der Waals surface area contributed by atoms with Crippen molar-refractivity contribution in [3.05, 3.63) is 0 Å². The van der Waals surface area contributed by atoms with E-state index in [0.717, 1.165) is 36.9 Å². The lowest BCUT2D eigenvalue weighted by Crippen LogP contribution is -2.40. The highest BCUT2D eigenvalue weighted by Crippen LogP contribution is 2.42. The fourth-order valence-corrected chi connectivity index (χ4v) is 2.91.